The molecule has 3 heteroatoms. The Bertz CT molecular complexity index is 736. The van der Waals surface area contributed by atoms with E-state index < -0.39 is 17.8 Å². The maximum atomic E-state index is 10.1. The van der Waals surface area contributed by atoms with Gasteiger partial charge in [-0.3, -0.25) is 0 Å². The first-order chi connectivity index (χ1) is 14.0. The molecule has 0 aromatic rings. The highest BCUT2D eigenvalue weighted by Gasteiger charge is 2.45. The average Bonchev–Trinajstić information content (AvgIpc) is 3.00. The molecular weight excluding hydrogens is 372 g/mol. The van der Waals surface area contributed by atoms with E-state index in [9.17, 15) is 15.3 Å². The number of hydrogen-bond acceptors (Lipinski definition) is 3. The van der Waals surface area contributed by atoms with Crippen molar-refractivity contribution in [3.8, 4) is 0 Å². The van der Waals surface area contributed by atoms with Crippen molar-refractivity contribution in [3.63, 3.8) is 0 Å². The van der Waals surface area contributed by atoms with Gasteiger partial charge in [0.05, 0.1) is 17.8 Å². The lowest BCUT2D eigenvalue weighted by Gasteiger charge is -2.42. The second-order valence-corrected chi connectivity index (χ2v) is 10.9. The fraction of sp³-hybridized carbons (Fsp3) is 0.704. The van der Waals surface area contributed by atoms with Gasteiger partial charge in [-0.25, -0.2) is 0 Å². The minimum absolute atomic E-state index is 0.235. The number of fused-ring (bicyclic) bond motifs is 1. The monoisotopic (exact) mass is 414 g/mol. The summed E-state index contributed by atoms with van der Waals surface area (Å²) in [6.45, 7) is 12.7. The summed E-state index contributed by atoms with van der Waals surface area (Å²) in [5.74, 6) is 1.12. The molecule has 30 heavy (non-hydrogen) atoms. The van der Waals surface area contributed by atoms with Crippen LogP contribution in [-0.4, -0.2) is 33.1 Å². The first-order valence-corrected chi connectivity index (χ1v) is 11.9. The van der Waals surface area contributed by atoms with Crippen LogP contribution < -0.4 is 0 Å². The summed E-state index contributed by atoms with van der Waals surface area (Å²) in [5.41, 5.74) is 4.55. The summed E-state index contributed by atoms with van der Waals surface area (Å²) in [5, 5.41) is 30.2. The van der Waals surface area contributed by atoms with Crippen LogP contribution in [0.15, 0.2) is 47.1 Å². The van der Waals surface area contributed by atoms with Crippen LogP contribution in [-0.2, 0) is 0 Å². The summed E-state index contributed by atoms with van der Waals surface area (Å²) in [4.78, 5) is 0. The van der Waals surface area contributed by atoms with Gasteiger partial charge in [0.25, 0.3) is 0 Å². The van der Waals surface area contributed by atoms with Gasteiger partial charge in [0, 0.05) is 6.42 Å². The molecule has 0 saturated heterocycles. The molecule has 0 aromatic heterocycles. The number of aliphatic hydroxyl groups is 3. The summed E-state index contributed by atoms with van der Waals surface area (Å²) in [6, 6.07) is 0. The number of rotatable bonds is 6. The zero-order chi connectivity index (χ0) is 22.1. The zero-order valence-electron chi connectivity index (χ0n) is 19.5. The standard InChI is InChI=1S/C27H42O3/c1-18(8-6-14-26(3,4)30)23-12-13-24-20(9-7-15-27(23,24)5)10-11-21-16-22(28)17-25(29)19(21)2/h10-12,18,22,24-25,28-30H,2,6-9,13-17H2,1,3-5H3/t18-,22-,24?,25-,27+/m0/s1. The van der Waals surface area contributed by atoms with Crippen molar-refractivity contribution in [3.05, 3.63) is 47.1 Å². The van der Waals surface area contributed by atoms with Gasteiger partial charge < -0.3 is 15.3 Å². The van der Waals surface area contributed by atoms with Gasteiger partial charge in [-0.2, -0.15) is 0 Å². The van der Waals surface area contributed by atoms with E-state index in [1.165, 1.54) is 18.4 Å². The Morgan fingerprint density at radius 2 is 2.03 bits per heavy atom. The third kappa shape index (κ3) is 5.18. The van der Waals surface area contributed by atoms with Crippen LogP contribution in [0.3, 0.4) is 0 Å². The van der Waals surface area contributed by atoms with Crippen LogP contribution in [0.4, 0.5) is 0 Å². The van der Waals surface area contributed by atoms with Crippen molar-refractivity contribution in [2.45, 2.75) is 103 Å². The highest BCUT2D eigenvalue weighted by molar-refractivity contribution is 5.40. The molecule has 3 rings (SSSR count). The molecule has 0 amide bonds. The molecule has 0 aromatic carbocycles. The summed E-state index contributed by atoms with van der Waals surface area (Å²) >= 11 is 0. The summed E-state index contributed by atoms with van der Waals surface area (Å²) in [6.07, 6.45) is 14.5. The molecular formula is C27H42O3. The van der Waals surface area contributed by atoms with Crippen molar-refractivity contribution in [2.75, 3.05) is 0 Å². The molecule has 0 heterocycles. The maximum Gasteiger partial charge on any atom is 0.0811 e. The van der Waals surface area contributed by atoms with E-state index in [2.05, 4.69) is 38.7 Å². The predicted octanol–water partition coefficient (Wildman–Crippen LogP) is 5.62. The second-order valence-electron chi connectivity index (χ2n) is 10.9. The highest BCUT2D eigenvalue weighted by Crippen LogP contribution is 2.57. The lowest BCUT2D eigenvalue weighted by Crippen LogP contribution is -2.32. The predicted molar refractivity (Wildman–Crippen MR) is 124 cm³/mol. The Hall–Kier alpha value is -1.16. The largest absolute Gasteiger partial charge is 0.393 e. The summed E-state index contributed by atoms with van der Waals surface area (Å²) < 4.78 is 0. The van der Waals surface area contributed by atoms with Gasteiger partial charge in [0.2, 0.25) is 0 Å². The first-order valence-electron chi connectivity index (χ1n) is 11.9. The lowest BCUT2D eigenvalue weighted by atomic mass is 9.62. The van der Waals surface area contributed by atoms with Crippen molar-refractivity contribution in [2.24, 2.45) is 17.3 Å². The number of hydrogen-bond donors (Lipinski definition) is 3. The number of allylic oxidation sites excluding steroid dienone is 5. The van der Waals surface area contributed by atoms with E-state index >= 15 is 0 Å². The van der Waals surface area contributed by atoms with Gasteiger partial charge in [-0.05, 0) is 87.2 Å². The Morgan fingerprint density at radius 3 is 2.73 bits per heavy atom. The van der Waals surface area contributed by atoms with E-state index in [1.807, 2.05) is 13.8 Å². The molecule has 3 aliphatic rings. The normalized spacial score (nSPS) is 36.2. The molecule has 2 saturated carbocycles. The highest BCUT2D eigenvalue weighted by atomic mass is 16.3. The van der Waals surface area contributed by atoms with E-state index in [0.29, 0.717) is 24.7 Å². The molecule has 3 nitrogen and oxygen atoms in total. The zero-order valence-corrected chi connectivity index (χ0v) is 19.5. The van der Waals surface area contributed by atoms with E-state index in [1.54, 1.807) is 5.57 Å². The quantitative estimate of drug-likeness (QED) is 0.494. The van der Waals surface area contributed by atoms with Crippen LogP contribution >= 0.6 is 0 Å². The Kier molecular flexibility index (Phi) is 7.16. The Labute approximate surface area is 183 Å². The molecule has 5 atom stereocenters. The smallest absolute Gasteiger partial charge is 0.0811 e. The average molecular weight is 415 g/mol. The SMILES string of the molecule is C=C1C(=CC=C2CCC[C@]3(C)C([C@@H](C)CCCC(C)(C)O)=CCC23)C[C@H](O)C[C@@H]1O. The molecule has 0 spiro atoms. The second kappa shape index (κ2) is 9.14. The Balaban J connectivity index is 1.71. The lowest BCUT2D eigenvalue weighted by molar-refractivity contribution is 0.0670. The van der Waals surface area contributed by atoms with Crippen molar-refractivity contribution >= 4 is 0 Å². The molecule has 2 fully saturated rings. The first kappa shape index (κ1) is 23.5. The fourth-order valence-electron chi connectivity index (χ4n) is 6.08. The van der Waals surface area contributed by atoms with E-state index in [4.69, 9.17) is 0 Å². The fourth-order valence-corrected chi connectivity index (χ4v) is 6.08. The Morgan fingerprint density at radius 1 is 1.30 bits per heavy atom. The van der Waals surface area contributed by atoms with E-state index in [-0.39, 0.29) is 5.41 Å². The minimum atomic E-state index is -0.625. The number of aliphatic hydroxyl groups excluding tert-OH is 2. The van der Waals surface area contributed by atoms with Gasteiger partial charge >= 0.3 is 0 Å². The minimum Gasteiger partial charge on any atom is -0.393 e. The van der Waals surface area contributed by atoms with E-state index in [0.717, 1.165) is 43.3 Å². The third-order valence-corrected chi connectivity index (χ3v) is 7.83. The summed E-state index contributed by atoms with van der Waals surface area (Å²) in [7, 11) is 0. The van der Waals surface area contributed by atoms with Crippen LogP contribution in [0.5, 0.6) is 0 Å². The van der Waals surface area contributed by atoms with Crippen molar-refractivity contribution < 1.29 is 15.3 Å². The van der Waals surface area contributed by atoms with Crippen LogP contribution in [0.25, 0.3) is 0 Å². The van der Waals surface area contributed by atoms with Crippen molar-refractivity contribution in [1.29, 1.82) is 0 Å². The van der Waals surface area contributed by atoms with Crippen molar-refractivity contribution in [1.82, 2.24) is 0 Å². The molecule has 3 N–H and O–H groups in total. The van der Waals surface area contributed by atoms with Gasteiger partial charge in [0.15, 0.2) is 0 Å². The maximum absolute atomic E-state index is 10.1. The molecule has 0 radical (unpaired) electrons. The van der Waals surface area contributed by atoms with Crippen LogP contribution in [0.1, 0.15) is 85.5 Å². The molecule has 1 unspecified atom stereocenters. The van der Waals surface area contributed by atoms with Crippen LogP contribution in [0, 0.1) is 17.3 Å². The molecule has 0 bridgehead atoms. The van der Waals surface area contributed by atoms with Gasteiger partial charge in [0.1, 0.15) is 0 Å². The topological polar surface area (TPSA) is 60.7 Å². The van der Waals surface area contributed by atoms with Gasteiger partial charge in [-0.1, -0.05) is 56.2 Å². The third-order valence-electron chi connectivity index (χ3n) is 7.83. The molecule has 3 aliphatic carbocycles. The van der Waals surface area contributed by atoms with Gasteiger partial charge in [-0.15, -0.1) is 0 Å². The molecule has 168 valence electrons. The van der Waals surface area contributed by atoms with Crippen LogP contribution in [0.2, 0.25) is 0 Å². The molecule has 0 aliphatic heterocycles.